The molecule has 2 nitrogen and oxygen atoms in total. The Labute approximate surface area is 127 Å². The maximum absolute atomic E-state index is 12.3. The Kier molecular flexibility index (Phi) is 2.32. The molecule has 0 bridgehead atoms. The molecule has 0 radical (unpaired) electrons. The fraction of sp³-hybridized carbons (Fsp3) is 0. The molecule has 2 aromatic heterocycles. The van der Waals surface area contributed by atoms with Gasteiger partial charge in [0.1, 0.15) is 0 Å². The molecule has 0 saturated carbocycles. The van der Waals surface area contributed by atoms with E-state index in [1.54, 1.807) is 6.07 Å². The molecule has 0 aliphatic heterocycles. The first kappa shape index (κ1) is 11.6. The van der Waals surface area contributed by atoms with Gasteiger partial charge in [0.25, 0.3) is 0 Å². The van der Waals surface area contributed by atoms with Crippen LogP contribution in [0.15, 0.2) is 23.0 Å². The molecule has 19 heavy (non-hydrogen) atoms. The summed E-state index contributed by atoms with van der Waals surface area (Å²) < 4.78 is 5.54. The maximum atomic E-state index is 12.3. The SMILES string of the molecule is O=c1cc2[se][se]c3cc4[se][se]c5cc(O)c1c(c54)c23. The predicted molar refractivity (Wildman–Crippen MR) is 83.3 cm³/mol. The summed E-state index contributed by atoms with van der Waals surface area (Å²) in [6.45, 7) is 0. The standard InChI is InChI=1S/C13H4O2Se4/c14-4-1-6-11-8(18-16-6)3-9-12-7(17-19-9)2-5(15)10(4)13(11)12/h1-3,14H. The van der Waals surface area contributed by atoms with Gasteiger partial charge in [-0.25, -0.2) is 0 Å². The van der Waals surface area contributed by atoms with E-state index >= 15 is 0 Å². The van der Waals surface area contributed by atoms with Crippen LogP contribution in [0.1, 0.15) is 0 Å². The molecule has 5 rings (SSSR count). The van der Waals surface area contributed by atoms with Crippen LogP contribution in [0.2, 0.25) is 0 Å². The third-order valence-corrected chi connectivity index (χ3v) is 17.7. The van der Waals surface area contributed by atoms with Gasteiger partial charge in [0, 0.05) is 0 Å². The summed E-state index contributed by atoms with van der Waals surface area (Å²) in [6.07, 6.45) is 0. The van der Waals surface area contributed by atoms with E-state index in [4.69, 9.17) is 0 Å². The van der Waals surface area contributed by atoms with Crippen molar-refractivity contribution in [3.8, 4) is 5.75 Å². The van der Waals surface area contributed by atoms with Gasteiger partial charge in [0.05, 0.1) is 0 Å². The number of aromatic hydroxyl groups is 1. The number of rotatable bonds is 0. The quantitative estimate of drug-likeness (QED) is 0.318. The summed E-state index contributed by atoms with van der Waals surface area (Å²) in [5.41, 5.74) is 0.0149. The Hall–Kier alpha value is -0.0121. The van der Waals surface area contributed by atoms with Crippen LogP contribution in [0.25, 0.3) is 38.6 Å². The van der Waals surface area contributed by atoms with Crippen molar-refractivity contribution in [3.05, 3.63) is 28.4 Å². The van der Waals surface area contributed by atoms with E-state index in [2.05, 4.69) is 6.07 Å². The summed E-state index contributed by atoms with van der Waals surface area (Å²) in [6, 6.07) is 6.04. The molecule has 0 saturated heterocycles. The van der Waals surface area contributed by atoms with Gasteiger partial charge in [-0.3, -0.25) is 0 Å². The molecule has 0 spiro atoms. The molecule has 2 heterocycles. The summed E-state index contributed by atoms with van der Waals surface area (Å²) in [5, 5.41) is 14.6. The normalized spacial score (nSPS) is 12.6. The van der Waals surface area contributed by atoms with E-state index in [9.17, 15) is 9.90 Å². The van der Waals surface area contributed by atoms with Gasteiger partial charge in [-0.2, -0.15) is 0 Å². The average molecular weight is 508 g/mol. The Morgan fingerprint density at radius 2 is 1.21 bits per heavy atom. The topological polar surface area (TPSA) is 37.3 Å². The van der Waals surface area contributed by atoms with E-state index in [1.165, 1.54) is 27.8 Å². The van der Waals surface area contributed by atoms with Gasteiger partial charge < -0.3 is 0 Å². The monoisotopic (exact) mass is 512 g/mol. The second-order valence-corrected chi connectivity index (χ2v) is 16.8. The minimum atomic E-state index is 0.0149. The van der Waals surface area contributed by atoms with Gasteiger partial charge in [0.15, 0.2) is 0 Å². The molecule has 3 aromatic carbocycles. The van der Waals surface area contributed by atoms with E-state index in [0.717, 1.165) is 5.39 Å². The van der Waals surface area contributed by atoms with E-state index < -0.39 is 0 Å². The van der Waals surface area contributed by atoms with Crippen molar-refractivity contribution in [3.63, 3.8) is 0 Å². The molecule has 6 heteroatoms. The van der Waals surface area contributed by atoms with Crippen LogP contribution in [0.3, 0.4) is 0 Å². The number of phenols is 1. The second-order valence-electron chi connectivity index (χ2n) is 4.47. The van der Waals surface area contributed by atoms with Gasteiger partial charge >= 0.3 is 128 Å². The van der Waals surface area contributed by atoms with Crippen molar-refractivity contribution >= 4 is 89.1 Å². The molecule has 0 aliphatic rings. The Morgan fingerprint density at radius 3 is 1.84 bits per heavy atom. The van der Waals surface area contributed by atoms with Gasteiger partial charge in [-0.1, -0.05) is 0 Å². The molecule has 0 aliphatic carbocycles. The van der Waals surface area contributed by atoms with Crippen LogP contribution in [-0.4, -0.2) is 55.6 Å². The van der Waals surface area contributed by atoms with Crippen molar-refractivity contribution in [1.29, 1.82) is 0 Å². The molecule has 0 atom stereocenters. The second kappa shape index (κ2) is 3.79. The van der Waals surface area contributed by atoms with E-state index in [-0.39, 0.29) is 11.2 Å². The van der Waals surface area contributed by atoms with Crippen molar-refractivity contribution in [2.24, 2.45) is 0 Å². The zero-order chi connectivity index (χ0) is 12.7. The summed E-state index contributed by atoms with van der Waals surface area (Å²) >= 11 is 1.99. The number of hydrogen-bond donors (Lipinski definition) is 1. The number of hydrogen-bond acceptors (Lipinski definition) is 2. The van der Waals surface area contributed by atoms with Crippen LogP contribution < -0.4 is 5.43 Å². The Bertz CT molecular complexity index is 1120. The Morgan fingerprint density at radius 1 is 0.684 bits per heavy atom. The van der Waals surface area contributed by atoms with Crippen LogP contribution >= 0.6 is 0 Å². The minimum absolute atomic E-state index is 0.0149. The first-order valence-electron chi connectivity index (χ1n) is 5.56. The average Bonchev–Trinajstić information content (AvgIpc) is 2.96. The van der Waals surface area contributed by atoms with Crippen LogP contribution in [0.4, 0.5) is 0 Å². The molecule has 1 N–H and O–H groups in total. The molecular formula is C13H4O2Se4. The van der Waals surface area contributed by atoms with Gasteiger partial charge in [-0.05, 0) is 0 Å². The first-order chi connectivity index (χ1) is 9.24. The molecule has 0 fully saturated rings. The zero-order valence-corrected chi connectivity index (χ0v) is 16.1. The molecule has 0 unspecified atom stereocenters. The van der Waals surface area contributed by atoms with Crippen molar-refractivity contribution in [2.75, 3.05) is 0 Å². The van der Waals surface area contributed by atoms with E-state index in [1.807, 2.05) is 6.07 Å². The molecule has 92 valence electrons. The fourth-order valence-electron chi connectivity index (χ4n) is 2.73. The Balaban J connectivity index is 2.40. The molecule has 5 aromatic rings. The fourth-order valence-corrected chi connectivity index (χ4v) is 18.0. The first-order valence-corrected chi connectivity index (χ1v) is 17.7. The zero-order valence-electron chi connectivity index (χ0n) is 9.22. The van der Waals surface area contributed by atoms with Gasteiger partial charge in [0.2, 0.25) is 0 Å². The van der Waals surface area contributed by atoms with Crippen LogP contribution in [0, 0.1) is 0 Å². The molecule has 0 amide bonds. The summed E-state index contributed by atoms with van der Waals surface area (Å²) in [4.78, 5) is 12.3. The van der Waals surface area contributed by atoms with Crippen LogP contribution in [-0.2, 0) is 0 Å². The number of phenolic OH excluding ortho intramolecular Hbond substituents is 1. The predicted octanol–water partition coefficient (Wildman–Crippen LogP) is 1.03. The summed E-state index contributed by atoms with van der Waals surface area (Å²) in [7, 11) is 0. The van der Waals surface area contributed by atoms with Crippen molar-refractivity contribution in [2.45, 2.75) is 0 Å². The third-order valence-electron chi connectivity index (χ3n) is 3.47. The summed E-state index contributed by atoms with van der Waals surface area (Å²) in [5.74, 6) is 0.202. The third kappa shape index (κ3) is 1.37. The van der Waals surface area contributed by atoms with Crippen LogP contribution in [0.5, 0.6) is 5.75 Å². The van der Waals surface area contributed by atoms with Gasteiger partial charge in [-0.15, -0.1) is 0 Å². The molecular weight excluding hydrogens is 504 g/mol. The van der Waals surface area contributed by atoms with E-state index in [0.29, 0.717) is 55.9 Å². The van der Waals surface area contributed by atoms with Crippen molar-refractivity contribution in [1.82, 2.24) is 0 Å². The van der Waals surface area contributed by atoms with Crippen molar-refractivity contribution < 1.29 is 5.11 Å². The number of benzene rings is 3.